The third-order valence-electron chi connectivity index (χ3n) is 6.39. The number of hydrogen-bond acceptors (Lipinski definition) is 3. The van der Waals surface area contributed by atoms with Crippen molar-refractivity contribution in [3.05, 3.63) is 71.8 Å². The molecule has 0 unspecified atom stereocenters. The summed E-state index contributed by atoms with van der Waals surface area (Å²) >= 11 is 0. The maximum absolute atomic E-state index is 12.8. The Bertz CT molecular complexity index is 750. The molecule has 0 saturated carbocycles. The number of ether oxygens (including phenoxy) is 1. The van der Waals surface area contributed by atoms with Gasteiger partial charge in [-0.1, -0.05) is 81.4 Å². The smallest absolute Gasteiger partial charge is 0.192 e. The molecule has 1 saturated heterocycles. The third-order valence-corrected chi connectivity index (χ3v) is 11.1. The fourth-order valence-electron chi connectivity index (χ4n) is 4.38. The van der Waals surface area contributed by atoms with Crippen molar-refractivity contribution in [2.45, 2.75) is 76.5 Å². The van der Waals surface area contributed by atoms with Gasteiger partial charge in [0.2, 0.25) is 0 Å². The molecule has 3 rings (SSSR count). The quantitative estimate of drug-likeness (QED) is 0.346. The van der Waals surface area contributed by atoms with Crippen LogP contribution in [0, 0.1) is 0 Å². The molecule has 0 radical (unpaired) electrons. The van der Waals surface area contributed by atoms with Crippen LogP contribution in [-0.2, 0) is 9.16 Å². The summed E-state index contributed by atoms with van der Waals surface area (Å²) in [5.74, 6) is 0.146. The normalized spacial score (nSPS) is 22.4. The Morgan fingerprint density at radius 3 is 2.10 bits per heavy atom. The standard InChI is InChI=1S/C25H34O3Si/c1-4-29(5-2,6-3)28-23-17-22(18-24(26)20-13-9-7-10-14-20)27-25(19-23)21-15-11-8-12-16-21/h7-16,22-23,25H,4-6,17-19H2,1-3H3/t22-,23-,25-/m0/s1. The van der Waals surface area contributed by atoms with E-state index in [2.05, 4.69) is 45.0 Å². The van der Waals surface area contributed by atoms with Gasteiger partial charge in [-0.2, -0.15) is 0 Å². The lowest BCUT2D eigenvalue weighted by atomic mass is 9.93. The SMILES string of the molecule is CC[Si](CC)(CC)O[C@H]1C[C@@H](CC(=O)c2ccccc2)O[C@H](c2ccccc2)C1. The van der Waals surface area contributed by atoms with E-state index in [1.54, 1.807) is 0 Å². The Labute approximate surface area is 176 Å². The van der Waals surface area contributed by atoms with E-state index in [4.69, 9.17) is 9.16 Å². The first-order chi connectivity index (χ1) is 14.1. The average molecular weight is 411 g/mol. The number of carbonyl (C=O) groups is 1. The van der Waals surface area contributed by atoms with Crippen LogP contribution >= 0.6 is 0 Å². The van der Waals surface area contributed by atoms with Gasteiger partial charge in [0.15, 0.2) is 14.1 Å². The minimum atomic E-state index is -1.71. The lowest BCUT2D eigenvalue weighted by Gasteiger charge is -2.40. The highest BCUT2D eigenvalue weighted by molar-refractivity contribution is 6.73. The Morgan fingerprint density at radius 2 is 1.52 bits per heavy atom. The summed E-state index contributed by atoms with van der Waals surface area (Å²) in [5, 5.41) is 0. The van der Waals surface area contributed by atoms with Gasteiger partial charge in [0.1, 0.15) is 0 Å². The molecule has 156 valence electrons. The van der Waals surface area contributed by atoms with Crippen molar-refractivity contribution < 1.29 is 14.0 Å². The lowest BCUT2D eigenvalue weighted by Crippen LogP contribution is -2.44. The van der Waals surface area contributed by atoms with Gasteiger partial charge >= 0.3 is 0 Å². The van der Waals surface area contributed by atoms with Gasteiger partial charge in [0.05, 0.1) is 18.3 Å². The topological polar surface area (TPSA) is 35.5 Å². The van der Waals surface area contributed by atoms with Gasteiger partial charge in [-0.05, 0) is 30.1 Å². The fourth-order valence-corrected chi connectivity index (χ4v) is 7.28. The van der Waals surface area contributed by atoms with Crippen LogP contribution in [0.4, 0.5) is 0 Å². The Hall–Kier alpha value is -1.75. The summed E-state index contributed by atoms with van der Waals surface area (Å²) in [6.07, 6.45) is 2.12. The molecule has 2 aromatic rings. The molecule has 0 aromatic heterocycles. The highest BCUT2D eigenvalue weighted by atomic mass is 28.4. The third kappa shape index (κ3) is 5.65. The summed E-state index contributed by atoms with van der Waals surface area (Å²) in [6, 6.07) is 23.3. The number of ketones is 1. The monoisotopic (exact) mass is 410 g/mol. The highest BCUT2D eigenvalue weighted by Gasteiger charge is 2.38. The molecule has 0 aliphatic carbocycles. The lowest BCUT2D eigenvalue weighted by molar-refractivity contribution is -0.0922. The molecular weight excluding hydrogens is 376 g/mol. The van der Waals surface area contributed by atoms with Crippen LogP contribution in [0.3, 0.4) is 0 Å². The second-order valence-corrected chi connectivity index (χ2v) is 12.8. The molecule has 3 nitrogen and oxygen atoms in total. The summed E-state index contributed by atoms with van der Waals surface area (Å²) in [4.78, 5) is 12.8. The number of carbonyl (C=O) groups excluding carboxylic acids is 1. The zero-order chi connectivity index (χ0) is 20.7. The van der Waals surface area contributed by atoms with Crippen LogP contribution in [0.15, 0.2) is 60.7 Å². The minimum absolute atomic E-state index is 0.0132. The molecule has 1 fully saturated rings. The Kier molecular flexibility index (Phi) is 7.82. The Balaban J connectivity index is 1.77. The van der Waals surface area contributed by atoms with Gasteiger partial charge in [-0.15, -0.1) is 0 Å². The van der Waals surface area contributed by atoms with E-state index in [0.29, 0.717) is 6.42 Å². The van der Waals surface area contributed by atoms with E-state index in [-0.39, 0.29) is 24.1 Å². The van der Waals surface area contributed by atoms with Gasteiger partial charge < -0.3 is 9.16 Å². The minimum Gasteiger partial charge on any atom is -0.414 e. The van der Waals surface area contributed by atoms with Crippen molar-refractivity contribution in [1.82, 2.24) is 0 Å². The zero-order valence-corrected chi connectivity index (χ0v) is 19.0. The van der Waals surface area contributed by atoms with Crippen molar-refractivity contribution >= 4 is 14.1 Å². The van der Waals surface area contributed by atoms with E-state index >= 15 is 0 Å². The van der Waals surface area contributed by atoms with E-state index in [1.165, 1.54) is 5.56 Å². The van der Waals surface area contributed by atoms with Crippen LogP contribution in [0.1, 0.15) is 62.1 Å². The van der Waals surface area contributed by atoms with Crippen LogP contribution in [0.2, 0.25) is 18.1 Å². The Morgan fingerprint density at radius 1 is 0.931 bits per heavy atom. The first kappa shape index (κ1) is 21.9. The summed E-state index contributed by atoms with van der Waals surface area (Å²) in [6.45, 7) is 6.80. The molecule has 1 heterocycles. The van der Waals surface area contributed by atoms with Crippen molar-refractivity contribution in [2.24, 2.45) is 0 Å². The molecule has 0 spiro atoms. The average Bonchev–Trinajstić information content (AvgIpc) is 2.78. The van der Waals surface area contributed by atoms with Crippen LogP contribution in [0.5, 0.6) is 0 Å². The van der Waals surface area contributed by atoms with E-state index in [1.807, 2.05) is 36.4 Å². The predicted octanol–water partition coefficient (Wildman–Crippen LogP) is 6.57. The largest absolute Gasteiger partial charge is 0.414 e. The van der Waals surface area contributed by atoms with Crippen molar-refractivity contribution in [1.29, 1.82) is 0 Å². The molecular formula is C25H34O3Si. The summed E-state index contributed by atoms with van der Waals surface area (Å²) in [7, 11) is -1.71. The molecule has 1 aliphatic heterocycles. The van der Waals surface area contributed by atoms with Gasteiger partial charge in [-0.25, -0.2) is 0 Å². The number of hydrogen-bond donors (Lipinski definition) is 0. The molecule has 0 amide bonds. The van der Waals surface area contributed by atoms with Gasteiger partial charge in [-0.3, -0.25) is 4.79 Å². The molecule has 29 heavy (non-hydrogen) atoms. The molecule has 1 aliphatic rings. The van der Waals surface area contributed by atoms with Crippen LogP contribution < -0.4 is 0 Å². The van der Waals surface area contributed by atoms with Crippen molar-refractivity contribution in [3.8, 4) is 0 Å². The summed E-state index contributed by atoms with van der Waals surface area (Å²) in [5.41, 5.74) is 1.93. The van der Waals surface area contributed by atoms with E-state index in [9.17, 15) is 4.79 Å². The summed E-state index contributed by atoms with van der Waals surface area (Å²) < 4.78 is 13.3. The molecule has 4 heteroatoms. The highest BCUT2D eigenvalue weighted by Crippen LogP contribution is 2.37. The van der Waals surface area contributed by atoms with Gasteiger partial charge in [0.25, 0.3) is 0 Å². The number of benzene rings is 2. The second-order valence-electron chi connectivity index (χ2n) is 8.11. The first-order valence-electron chi connectivity index (χ1n) is 11.1. The molecule has 3 atom stereocenters. The van der Waals surface area contributed by atoms with E-state index < -0.39 is 8.32 Å². The number of Topliss-reactive ketones (excluding diaryl/α,β-unsaturated/α-hetero) is 1. The molecule has 0 N–H and O–H groups in total. The maximum atomic E-state index is 12.8. The maximum Gasteiger partial charge on any atom is 0.192 e. The van der Waals surface area contributed by atoms with Gasteiger partial charge in [0, 0.05) is 18.4 Å². The predicted molar refractivity (Wildman–Crippen MR) is 121 cm³/mol. The van der Waals surface area contributed by atoms with Crippen LogP contribution in [0.25, 0.3) is 0 Å². The first-order valence-corrected chi connectivity index (χ1v) is 13.6. The van der Waals surface area contributed by atoms with E-state index in [0.717, 1.165) is 36.5 Å². The number of rotatable bonds is 9. The molecule has 2 aromatic carbocycles. The van der Waals surface area contributed by atoms with Crippen LogP contribution in [-0.4, -0.2) is 26.3 Å². The second kappa shape index (κ2) is 10.3. The van der Waals surface area contributed by atoms with Crippen molar-refractivity contribution in [2.75, 3.05) is 0 Å². The fraction of sp³-hybridized carbons (Fsp3) is 0.480. The molecule has 0 bridgehead atoms. The van der Waals surface area contributed by atoms with Crippen molar-refractivity contribution in [3.63, 3.8) is 0 Å². The zero-order valence-electron chi connectivity index (χ0n) is 18.0.